The molecule has 2 saturated heterocycles. The Morgan fingerprint density at radius 2 is 2.00 bits per heavy atom. The summed E-state index contributed by atoms with van der Waals surface area (Å²) in [5.74, 6) is -1.88. The molecular weight excluding hydrogens is 316 g/mol. The molecule has 2 bridgehead atoms. The molecule has 0 radical (unpaired) electrons. The average Bonchev–Trinajstić information content (AvgIpc) is 3.18. The van der Waals surface area contributed by atoms with Crippen LogP contribution in [0.1, 0.15) is 36.8 Å². The lowest BCUT2D eigenvalue weighted by Crippen LogP contribution is -2.40. The first kappa shape index (κ1) is 15.1. The largest absolute Gasteiger partial charge is 0.481 e. The zero-order valence-corrected chi connectivity index (χ0v) is 13.8. The van der Waals surface area contributed by atoms with E-state index < -0.39 is 17.8 Å². The van der Waals surface area contributed by atoms with Gasteiger partial charge < -0.3 is 15.2 Å². The van der Waals surface area contributed by atoms with Crippen molar-refractivity contribution in [2.24, 2.45) is 17.8 Å². The van der Waals surface area contributed by atoms with Crippen LogP contribution in [0.2, 0.25) is 0 Å². The highest BCUT2D eigenvalue weighted by atomic mass is 32.1. The number of amides is 1. The van der Waals surface area contributed by atoms with Gasteiger partial charge in [-0.2, -0.15) is 0 Å². The zero-order chi connectivity index (χ0) is 16.1. The van der Waals surface area contributed by atoms with Gasteiger partial charge in [-0.1, -0.05) is 6.92 Å². The Morgan fingerprint density at radius 1 is 1.26 bits per heavy atom. The van der Waals surface area contributed by atoms with E-state index in [1.54, 1.807) is 0 Å². The molecule has 0 aromatic carbocycles. The summed E-state index contributed by atoms with van der Waals surface area (Å²) >= 11 is 1.52. The van der Waals surface area contributed by atoms with Crippen molar-refractivity contribution >= 4 is 28.3 Å². The topological polar surface area (TPSA) is 88.5 Å². The summed E-state index contributed by atoms with van der Waals surface area (Å²) in [6, 6.07) is 0. The molecular formula is C16H20N2O4S. The average molecular weight is 336 g/mol. The highest BCUT2D eigenvalue weighted by Gasteiger charge is 2.55. The molecule has 23 heavy (non-hydrogen) atoms. The van der Waals surface area contributed by atoms with Crippen LogP contribution in [0.25, 0.3) is 0 Å². The molecule has 2 aliphatic heterocycles. The molecule has 1 aromatic rings. The van der Waals surface area contributed by atoms with E-state index >= 15 is 0 Å². The van der Waals surface area contributed by atoms with Gasteiger partial charge in [0.15, 0.2) is 5.13 Å². The summed E-state index contributed by atoms with van der Waals surface area (Å²) in [5, 5.41) is 12.9. The molecule has 3 aliphatic rings. The number of rotatable bonds is 3. The third-order valence-corrected chi connectivity index (χ3v) is 6.31. The number of aliphatic carboxylic acids is 1. The fraction of sp³-hybridized carbons (Fsp3) is 0.688. The van der Waals surface area contributed by atoms with Crippen molar-refractivity contribution in [3.63, 3.8) is 0 Å². The van der Waals surface area contributed by atoms with Gasteiger partial charge in [0.1, 0.15) is 0 Å². The van der Waals surface area contributed by atoms with Crippen LogP contribution in [0.5, 0.6) is 0 Å². The Bertz CT molecular complexity index is 659. The van der Waals surface area contributed by atoms with Crippen molar-refractivity contribution in [3.05, 3.63) is 10.6 Å². The van der Waals surface area contributed by atoms with Crippen LogP contribution in [-0.4, -0.2) is 34.2 Å². The van der Waals surface area contributed by atoms with Gasteiger partial charge in [0, 0.05) is 4.88 Å². The lowest BCUT2D eigenvalue weighted by molar-refractivity contribution is -0.147. The van der Waals surface area contributed by atoms with Crippen molar-refractivity contribution in [1.82, 2.24) is 4.98 Å². The van der Waals surface area contributed by atoms with Crippen molar-refractivity contribution < 1.29 is 19.4 Å². The van der Waals surface area contributed by atoms with Crippen molar-refractivity contribution in [2.45, 2.75) is 51.2 Å². The van der Waals surface area contributed by atoms with E-state index in [9.17, 15) is 14.7 Å². The normalized spacial score (nSPS) is 35.1. The van der Waals surface area contributed by atoms with Gasteiger partial charge >= 0.3 is 5.97 Å². The van der Waals surface area contributed by atoms with E-state index in [0.717, 1.165) is 37.8 Å². The maximum absolute atomic E-state index is 12.6. The Labute approximate surface area is 138 Å². The van der Waals surface area contributed by atoms with E-state index in [2.05, 4.69) is 17.2 Å². The number of carboxylic acids is 1. The number of fused-ring (bicyclic) bond motifs is 3. The van der Waals surface area contributed by atoms with E-state index in [4.69, 9.17) is 4.74 Å². The number of carboxylic acid groups (broad SMARTS) is 1. The maximum Gasteiger partial charge on any atom is 0.310 e. The first-order valence-electron chi connectivity index (χ1n) is 8.20. The number of hydrogen-bond donors (Lipinski definition) is 2. The Morgan fingerprint density at radius 3 is 2.74 bits per heavy atom. The van der Waals surface area contributed by atoms with Crippen molar-refractivity contribution in [1.29, 1.82) is 0 Å². The number of anilines is 1. The Hall–Kier alpha value is -1.47. The third kappa shape index (κ3) is 2.55. The van der Waals surface area contributed by atoms with Gasteiger partial charge in [-0.15, -0.1) is 11.3 Å². The van der Waals surface area contributed by atoms with Crippen LogP contribution < -0.4 is 5.32 Å². The molecule has 6 nitrogen and oxygen atoms in total. The minimum Gasteiger partial charge on any atom is -0.481 e. The summed E-state index contributed by atoms with van der Waals surface area (Å²) in [6.07, 6.45) is 4.00. The number of carbonyl (C=O) groups excluding carboxylic acids is 1. The lowest BCUT2D eigenvalue weighted by atomic mass is 9.79. The summed E-state index contributed by atoms with van der Waals surface area (Å²) in [6.45, 7) is 2.23. The molecule has 7 heteroatoms. The highest BCUT2D eigenvalue weighted by molar-refractivity contribution is 7.15. The molecule has 0 unspecified atom stereocenters. The molecule has 1 amide bonds. The third-order valence-electron chi connectivity index (χ3n) is 5.28. The summed E-state index contributed by atoms with van der Waals surface area (Å²) in [7, 11) is 0. The first-order chi connectivity index (χ1) is 11.0. The van der Waals surface area contributed by atoms with Crippen LogP contribution in [0.4, 0.5) is 5.13 Å². The number of nitrogens with one attached hydrogen (secondary N) is 1. The van der Waals surface area contributed by atoms with Crippen LogP contribution in [0.15, 0.2) is 0 Å². The second-order valence-electron chi connectivity index (χ2n) is 6.91. The summed E-state index contributed by atoms with van der Waals surface area (Å²) in [5.41, 5.74) is 1.09. The number of ether oxygens (including phenoxy) is 1. The highest BCUT2D eigenvalue weighted by Crippen LogP contribution is 2.44. The van der Waals surface area contributed by atoms with Crippen LogP contribution in [0, 0.1) is 17.8 Å². The quantitative estimate of drug-likeness (QED) is 0.882. The maximum atomic E-state index is 12.6. The molecule has 2 fully saturated rings. The van der Waals surface area contributed by atoms with E-state index in [1.807, 2.05) is 0 Å². The van der Waals surface area contributed by atoms with E-state index in [0.29, 0.717) is 11.0 Å². The van der Waals surface area contributed by atoms with E-state index in [1.165, 1.54) is 16.2 Å². The molecule has 2 N–H and O–H groups in total. The molecule has 0 saturated carbocycles. The minimum absolute atomic E-state index is 0.260. The summed E-state index contributed by atoms with van der Waals surface area (Å²) < 4.78 is 5.65. The SMILES string of the molecule is C[C@H]1CCc2nc(NC(=O)[C@H]3[C@@H](C(=O)O)[C@@H]4CC[C@@H]3O4)sc2C1. The van der Waals surface area contributed by atoms with E-state index in [-0.39, 0.29) is 18.1 Å². The van der Waals surface area contributed by atoms with Gasteiger partial charge in [-0.3, -0.25) is 9.59 Å². The van der Waals surface area contributed by atoms with Gasteiger partial charge in [0.2, 0.25) is 5.91 Å². The standard InChI is InChI=1S/C16H20N2O4S/c1-7-2-3-8-11(6-7)23-16(17-8)18-14(19)12-9-4-5-10(22-9)13(12)15(20)21/h7,9-10,12-13H,2-6H2,1H3,(H,20,21)(H,17,18,19)/t7-,9-,10-,12+,13-/m0/s1. The number of thiazole rings is 1. The molecule has 5 atom stereocenters. The number of nitrogens with zero attached hydrogens (tertiary/aromatic N) is 1. The number of hydrogen-bond acceptors (Lipinski definition) is 5. The fourth-order valence-corrected chi connectivity index (χ4v) is 5.28. The smallest absolute Gasteiger partial charge is 0.310 e. The molecule has 1 aliphatic carbocycles. The second-order valence-corrected chi connectivity index (χ2v) is 7.99. The van der Waals surface area contributed by atoms with Gasteiger partial charge in [0.25, 0.3) is 0 Å². The molecule has 0 spiro atoms. The first-order valence-corrected chi connectivity index (χ1v) is 9.02. The number of carbonyl (C=O) groups is 2. The Kier molecular flexibility index (Phi) is 3.65. The van der Waals surface area contributed by atoms with Crippen LogP contribution >= 0.6 is 11.3 Å². The number of aryl methyl sites for hydroxylation is 1. The van der Waals surface area contributed by atoms with Gasteiger partial charge in [-0.05, 0) is 38.0 Å². The number of aromatic nitrogens is 1. The molecule has 4 rings (SSSR count). The van der Waals surface area contributed by atoms with Crippen molar-refractivity contribution in [3.8, 4) is 0 Å². The van der Waals surface area contributed by atoms with Gasteiger partial charge in [-0.25, -0.2) is 4.98 Å². The predicted molar refractivity (Wildman–Crippen MR) is 84.4 cm³/mol. The molecule has 124 valence electrons. The van der Waals surface area contributed by atoms with Crippen LogP contribution in [-0.2, 0) is 27.2 Å². The monoisotopic (exact) mass is 336 g/mol. The second kappa shape index (κ2) is 5.56. The Balaban J connectivity index is 1.51. The van der Waals surface area contributed by atoms with Gasteiger partial charge in [0.05, 0.1) is 29.7 Å². The van der Waals surface area contributed by atoms with Crippen molar-refractivity contribution in [2.75, 3.05) is 5.32 Å². The molecule has 3 heterocycles. The zero-order valence-electron chi connectivity index (χ0n) is 12.9. The van der Waals surface area contributed by atoms with Crippen LogP contribution in [0.3, 0.4) is 0 Å². The molecule has 1 aromatic heterocycles. The minimum atomic E-state index is -0.940. The lowest BCUT2D eigenvalue weighted by Gasteiger charge is -2.23. The fourth-order valence-electron chi connectivity index (χ4n) is 4.11. The summed E-state index contributed by atoms with van der Waals surface area (Å²) in [4.78, 5) is 29.9. The predicted octanol–water partition coefficient (Wildman–Crippen LogP) is 2.08.